The lowest BCUT2D eigenvalue weighted by Crippen LogP contribution is -2.35. The monoisotopic (exact) mass is 461 g/mol. The number of nitrogens with zero attached hydrogens (tertiary/aromatic N) is 2. The molecule has 1 atom stereocenters. The Kier molecular flexibility index (Phi) is 8.13. The van der Waals surface area contributed by atoms with E-state index in [1.54, 1.807) is 6.07 Å². The van der Waals surface area contributed by atoms with E-state index < -0.39 is 17.7 Å². The van der Waals surface area contributed by atoms with Gasteiger partial charge in [-0.05, 0) is 55.6 Å². The first kappa shape index (κ1) is 24.8. The minimum atomic E-state index is -4.48. The molecule has 178 valence electrons. The topological polar surface area (TPSA) is 66.6 Å². The van der Waals surface area contributed by atoms with Gasteiger partial charge in [0.05, 0.1) is 11.5 Å². The third-order valence-electron chi connectivity index (χ3n) is 5.98. The summed E-state index contributed by atoms with van der Waals surface area (Å²) in [4.78, 5) is 28.7. The van der Waals surface area contributed by atoms with Crippen LogP contribution in [-0.2, 0) is 22.2 Å². The van der Waals surface area contributed by atoms with Gasteiger partial charge in [0.15, 0.2) is 0 Å². The average molecular weight is 462 g/mol. The molecule has 1 heterocycles. The van der Waals surface area contributed by atoms with Gasteiger partial charge < -0.3 is 10.6 Å². The average Bonchev–Trinajstić information content (AvgIpc) is 3.06. The molecule has 2 aromatic carbocycles. The number of benzene rings is 2. The number of carbonyl (C=O) groups is 2. The van der Waals surface area contributed by atoms with Crippen LogP contribution < -0.4 is 5.73 Å². The fourth-order valence-corrected chi connectivity index (χ4v) is 4.26. The number of rotatable bonds is 10. The number of nitrogens with two attached hydrogens (primary N) is 1. The van der Waals surface area contributed by atoms with Gasteiger partial charge in [-0.1, -0.05) is 43.3 Å². The SMILES string of the molecule is CCCN(CCCN1C(=O)CC(c2ccccc2)C1=O)CCc1ccc(N)c(C(F)(F)F)c1. The lowest BCUT2D eigenvalue weighted by Gasteiger charge is -2.23. The number of carbonyl (C=O) groups excluding carboxylic acids is 2. The van der Waals surface area contributed by atoms with Crippen LogP contribution in [-0.4, -0.2) is 47.8 Å². The van der Waals surface area contributed by atoms with Crippen LogP contribution in [0.15, 0.2) is 48.5 Å². The molecule has 1 saturated heterocycles. The van der Waals surface area contributed by atoms with Crippen LogP contribution in [0.2, 0.25) is 0 Å². The van der Waals surface area contributed by atoms with Crippen LogP contribution in [0, 0.1) is 0 Å². The van der Waals surface area contributed by atoms with Crippen molar-refractivity contribution in [3.05, 3.63) is 65.2 Å². The molecule has 0 spiro atoms. The zero-order valence-corrected chi connectivity index (χ0v) is 18.8. The molecule has 1 unspecified atom stereocenters. The number of alkyl halides is 3. The van der Waals surface area contributed by atoms with Crippen molar-refractivity contribution in [2.24, 2.45) is 0 Å². The Hall–Kier alpha value is -2.87. The molecule has 2 aromatic rings. The highest BCUT2D eigenvalue weighted by molar-refractivity contribution is 6.06. The molecular weight excluding hydrogens is 431 g/mol. The number of imide groups is 1. The van der Waals surface area contributed by atoms with Gasteiger partial charge in [0.1, 0.15) is 0 Å². The standard InChI is InChI=1S/C25H30F3N3O2/c1-2-12-30(15-11-18-9-10-22(29)21(16-18)25(26,27)28)13-6-14-31-23(32)17-20(24(31)33)19-7-4-3-5-8-19/h3-5,7-10,16,20H,2,6,11-15,17,29H2,1H3. The van der Waals surface area contributed by atoms with Crippen molar-refractivity contribution in [1.29, 1.82) is 0 Å². The predicted octanol–water partition coefficient (Wildman–Crippen LogP) is 4.47. The maximum absolute atomic E-state index is 13.1. The van der Waals surface area contributed by atoms with E-state index in [9.17, 15) is 22.8 Å². The van der Waals surface area contributed by atoms with E-state index in [0.717, 1.165) is 24.6 Å². The van der Waals surface area contributed by atoms with Gasteiger partial charge in [-0.2, -0.15) is 13.2 Å². The molecule has 8 heteroatoms. The second-order valence-electron chi connectivity index (χ2n) is 8.42. The molecule has 1 fully saturated rings. The first-order chi connectivity index (χ1) is 15.7. The highest BCUT2D eigenvalue weighted by Crippen LogP contribution is 2.34. The van der Waals surface area contributed by atoms with E-state index in [1.165, 1.54) is 11.0 Å². The smallest absolute Gasteiger partial charge is 0.398 e. The van der Waals surface area contributed by atoms with Crippen molar-refractivity contribution < 1.29 is 22.8 Å². The summed E-state index contributed by atoms with van der Waals surface area (Å²) < 4.78 is 39.3. The Bertz CT molecular complexity index is 963. The molecule has 0 radical (unpaired) electrons. The number of amides is 2. The molecule has 2 amide bonds. The van der Waals surface area contributed by atoms with Crippen molar-refractivity contribution in [2.45, 2.75) is 44.7 Å². The quantitative estimate of drug-likeness (QED) is 0.419. The molecule has 5 nitrogen and oxygen atoms in total. The van der Waals surface area contributed by atoms with E-state index >= 15 is 0 Å². The molecule has 3 rings (SSSR count). The zero-order chi connectivity index (χ0) is 24.0. The van der Waals surface area contributed by atoms with Crippen molar-refractivity contribution in [1.82, 2.24) is 9.80 Å². The van der Waals surface area contributed by atoms with Gasteiger partial charge in [-0.3, -0.25) is 14.5 Å². The normalized spacial score (nSPS) is 16.8. The van der Waals surface area contributed by atoms with Crippen LogP contribution in [0.3, 0.4) is 0 Å². The van der Waals surface area contributed by atoms with Crippen LogP contribution in [0.4, 0.5) is 18.9 Å². The third kappa shape index (κ3) is 6.35. The highest BCUT2D eigenvalue weighted by atomic mass is 19.4. The number of nitrogen functional groups attached to an aromatic ring is 1. The number of anilines is 1. The van der Waals surface area contributed by atoms with Crippen molar-refractivity contribution >= 4 is 17.5 Å². The summed E-state index contributed by atoms with van der Waals surface area (Å²) in [6.45, 7) is 4.42. The van der Waals surface area contributed by atoms with Crippen LogP contribution >= 0.6 is 0 Å². The van der Waals surface area contributed by atoms with E-state index in [2.05, 4.69) is 4.90 Å². The van der Waals surface area contributed by atoms with E-state index in [0.29, 0.717) is 38.0 Å². The number of hydrogen-bond acceptors (Lipinski definition) is 4. The van der Waals surface area contributed by atoms with Crippen LogP contribution in [0.1, 0.15) is 48.8 Å². The highest BCUT2D eigenvalue weighted by Gasteiger charge is 2.38. The fourth-order valence-electron chi connectivity index (χ4n) is 4.26. The molecule has 1 aliphatic heterocycles. The number of hydrogen-bond donors (Lipinski definition) is 1. The van der Waals surface area contributed by atoms with Crippen LogP contribution in [0.25, 0.3) is 0 Å². The van der Waals surface area contributed by atoms with Crippen molar-refractivity contribution in [3.8, 4) is 0 Å². The summed E-state index contributed by atoms with van der Waals surface area (Å²) in [7, 11) is 0. The summed E-state index contributed by atoms with van der Waals surface area (Å²) in [6.07, 6.45) is -2.31. The Balaban J connectivity index is 1.54. The lowest BCUT2D eigenvalue weighted by atomic mass is 9.98. The molecule has 0 aromatic heterocycles. The summed E-state index contributed by atoms with van der Waals surface area (Å²) >= 11 is 0. The Morgan fingerprint density at radius 1 is 1.06 bits per heavy atom. The van der Waals surface area contributed by atoms with Gasteiger partial charge in [0.25, 0.3) is 0 Å². The zero-order valence-electron chi connectivity index (χ0n) is 18.8. The minimum Gasteiger partial charge on any atom is -0.398 e. The molecule has 0 bridgehead atoms. The van der Waals surface area contributed by atoms with Crippen molar-refractivity contribution in [2.75, 3.05) is 31.9 Å². The summed E-state index contributed by atoms with van der Waals surface area (Å²) in [6, 6.07) is 13.4. The Morgan fingerprint density at radius 3 is 2.45 bits per heavy atom. The van der Waals surface area contributed by atoms with Gasteiger partial charge in [0, 0.05) is 25.2 Å². The molecular formula is C25H30F3N3O2. The first-order valence-electron chi connectivity index (χ1n) is 11.3. The lowest BCUT2D eigenvalue weighted by molar-refractivity contribution is -0.139. The minimum absolute atomic E-state index is 0.155. The third-order valence-corrected chi connectivity index (χ3v) is 5.98. The predicted molar refractivity (Wildman–Crippen MR) is 121 cm³/mol. The number of likely N-dealkylation sites (tertiary alicyclic amines) is 1. The number of halogens is 3. The molecule has 1 aliphatic rings. The van der Waals surface area contributed by atoms with Gasteiger partial charge in [-0.25, -0.2) is 0 Å². The Labute approximate surface area is 192 Å². The maximum atomic E-state index is 13.1. The largest absolute Gasteiger partial charge is 0.418 e. The molecule has 33 heavy (non-hydrogen) atoms. The van der Waals surface area contributed by atoms with Crippen LogP contribution in [0.5, 0.6) is 0 Å². The van der Waals surface area contributed by atoms with Gasteiger partial charge in [0.2, 0.25) is 11.8 Å². The maximum Gasteiger partial charge on any atom is 0.418 e. The molecule has 2 N–H and O–H groups in total. The summed E-state index contributed by atoms with van der Waals surface area (Å²) in [5.41, 5.74) is 5.84. The second-order valence-corrected chi connectivity index (χ2v) is 8.42. The molecule has 0 saturated carbocycles. The van der Waals surface area contributed by atoms with E-state index in [4.69, 9.17) is 5.73 Å². The Morgan fingerprint density at radius 2 is 1.79 bits per heavy atom. The summed E-state index contributed by atoms with van der Waals surface area (Å²) in [5, 5.41) is 0. The van der Waals surface area contributed by atoms with Gasteiger partial charge in [-0.15, -0.1) is 0 Å². The van der Waals surface area contributed by atoms with Gasteiger partial charge >= 0.3 is 6.18 Å². The van der Waals surface area contributed by atoms with E-state index in [1.807, 2.05) is 37.3 Å². The van der Waals surface area contributed by atoms with E-state index in [-0.39, 0.29) is 23.9 Å². The second kappa shape index (κ2) is 10.8. The fraction of sp³-hybridized carbons (Fsp3) is 0.440. The first-order valence-corrected chi connectivity index (χ1v) is 11.3. The van der Waals surface area contributed by atoms with Crippen molar-refractivity contribution in [3.63, 3.8) is 0 Å². The molecule has 0 aliphatic carbocycles. The summed E-state index contributed by atoms with van der Waals surface area (Å²) in [5.74, 6) is -0.731.